The van der Waals surface area contributed by atoms with Gasteiger partial charge in [0.15, 0.2) is 0 Å². The lowest BCUT2D eigenvalue weighted by atomic mass is 9.96. The summed E-state index contributed by atoms with van der Waals surface area (Å²) < 4.78 is 0. The molecule has 0 radical (unpaired) electrons. The second-order valence-electron chi connectivity index (χ2n) is 18.0. The minimum absolute atomic E-state index is 0.0427. The van der Waals surface area contributed by atoms with Crippen molar-refractivity contribution in [3.05, 3.63) is 65.7 Å². The average Bonchev–Trinajstić information content (AvgIpc) is 3.79. The van der Waals surface area contributed by atoms with E-state index in [0.717, 1.165) is 0 Å². The van der Waals surface area contributed by atoms with Crippen LogP contribution in [-0.4, -0.2) is 135 Å². The molecular weight excluding hydrogens is 883 g/mol. The van der Waals surface area contributed by atoms with Gasteiger partial charge in [-0.1, -0.05) is 90.4 Å². The van der Waals surface area contributed by atoms with Crippen molar-refractivity contribution in [2.24, 2.45) is 29.2 Å². The molecule has 0 unspecified atom stereocenters. The molecule has 21 nitrogen and oxygen atoms in total. The predicted octanol–water partition coefficient (Wildman–Crippen LogP) is -0.895. The number of carbonyl (C=O) groups excluding carboxylic acids is 8. The van der Waals surface area contributed by atoms with Gasteiger partial charge in [0.2, 0.25) is 47.3 Å². The van der Waals surface area contributed by atoms with E-state index >= 15 is 0 Å². The molecule has 1 heterocycles. The highest BCUT2D eigenvalue weighted by atomic mass is 16.4. The van der Waals surface area contributed by atoms with Gasteiger partial charge in [-0.15, -0.1) is 0 Å². The molecule has 1 aliphatic heterocycles. The molecule has 13 N–H and O–H groups in total. The Hall–Kier alpha value is -6.61. The number of aliphatic carboxylic acids is 1. The number of phenolic OH excluding ortho intramolecular Hbond substituents is 1. The number of hydrogen-bond acceptors (Lipinski definition) is 12. The maximum atomic E-state index is 14.4. The number of aromatic hydroxyl groups is 1. The zero-order valence-electron chi connectivity index (χ0n) is 39.5. The lowest BCUT2D eigenvalue weighted by Gasteiger charge is -2.30. The third-order valence-corrected chi connectivity index (χ3v) is 11.7. The van der Waals surface area contributed by atoms with Gasteiger partial charge in [-0.2, -0.15) is 0 Å². The number of phenols is 1. The molecular formula is C47H69N9O12. The number of carboxylic acid groups (broad SMARTS) is 1. The lowest BCUT2D eigenvalue weighted by Crippen LogP contribution is -2.61. The number of nitrogens with two attached hydrogens (primary N) is 2. The van der Waals surface area contributed by atoms with E-state index in [1.807, 2.05) is 0 Å². The van der Waals surface area contributed by atoms with Gasteiger partial charge in [-0.3, -0.25) is 38.4 Å². The highest BCUT2D eigenvalue weighted by Crippen LogP contribution is 2.20. The molecule has 21 heteroatoms. The monoisotopic (exact) mass is 952 g/mol. The number of carbonyl (C=O) groups is 9. The molecule has 0 aromatic heterocycles. The first kappa shape index (κ1) is 55.7. The number of primary amides is 1. The molecule has 374 valence electrons. The standard InChI is InChI=1S/C47H69N9O12/c1-7-27(6)39(45(65)54-38(26(4)5)47(67)68)55-43(63)35(23-37(49)59)52-41(61)33(21-28-12-9-8-10-13-28)51-40(60)32(20-25(2)3)50-42(62)34(22-29-15-17-30(58)18-16-29)53-44(64)36-14-11-19-56(36)46(66)31(48)24-57/h8-10,12-13,15-18,25-27,31-36,38-39,57-58H,7,11,14,19-24,48H2,1-6H3,(H2,49,59)(H,50,62)(H,51,60)(H,52,61)(H,53,64)(H,54,65)(H,55,63)(H,67,68)/t27-,31-,32-,33-,34-,35-,36-,38-,39-/m0/s1. The Morgan fingerprint density at radius 1 is 0.691 bits per heavy atom. The first-order chi connectivity index (χ1) is 32.1. The third-order valence-electron chi connectivity index (χ3n) is 11.7. The second kappa shape index (κ2) is 26.7. The number of rotatable bonds is 26. The van der Waals surface area contributed by atoms with Gasteiger partial charge >= 0.3 is 5.97 Å². The number of aliphatic hydroxyl groups is 1. The SMILES string of the molecule is CC[C@H](C)[C@H](NC(=O)[C@H](CC(N)=O)NC(=O)[C@H](Cc1ccccc1)NC(=O)[C@H](CC(C)C)NC(=O)[C@H](Cc1ccc(O)cc1)NC(=O)[C@@H]1CCCN1C(=O)[C@@H](N)CO)C(=O)N[C@H](C(=O)O)C(C)C. The highest BCUT2D eigenvalue weighted by Gasteiger charge is 2.39. The van der Waals surface area contributed by atoms with Crippen LogP contribution in [0, 0.1) is 17.8 Å². The van der Waals surface area contributed by atoms with E-state index in [9.17, 15) is 58.5 Å². The van der Waals surface area contributed by atoms with Gasteiger partial charge in [0.05, 0.1) is 13.0 Å². The Morgan fingerprint density at radius 3 is 1.74 bits per heavy atom. The largest absolute Gasteiger partial charge is 0.508 e. The first-order valence-corrected chi connectivity index (χ1v) is 22.9. The minimum atomic E-state index is -1.66. The highest BCUT2D eigenvalue weighted by molar-refractivity contribution is 5.99. The van der Waals surface area contributed by atoms with Crippen molar-refractivity contribution in [2.45, 2.75) is 135 Å². The summed E-state index contributed by atoms with van der Waals surface area (Å²) in [4.78, 5) is 122. The molecule has 2 aromatic rings. The van der Waals surface area contributed by atoms with Gasteiger partial charge in [0.25, 0.3) is 0 Å². The number of nitrogens with zero attached hydrogens (tertiary/aromatic N) is 1. The van der Waals surface area contributed by atoms with Crippen LogP contribution in [0.2, 0.25) is 0 Å². The molecule has 0 saturated carbocycles. The van der Waals surface area contributed by atoms with Crippen molar-refractivity contribution in [1.29, 1.82) is 0 Å². The molecule has 9 atom stereocenters. The van der Waals surface area contributed by atoms with Gasteiger partial charge in [0, 0.05) is 19.4 Å². The molecule has 2 aromatic carbocycles. The van der Waals surface area contributed by atoms with Crippen LogP contribution in [0.15, 0.2) is 54.6 Å². The van der Waals surface area contributed by atoms with E-state index in [1.165, 1.54) is 17.0 Å². The normalized spacial score (nSPS) is 17.0. The van der Waals surface area contributed by atoms with E-state index < -0.39 is 126 Å². The van der Waals surface area contributed by atoms with Crippen molar-refractivity contribution in [3.63, 3.8) is 0 Å². The van der Waals surface area contributed by atoms with Crippen LogP contribution in [-0.2, 0) is 56.0 Å². The molecule has 68 heavy (non-hydrogen) atoms. The summed E-state index contributed by atoms with van der Waals surface area (Å²) in [5.74, 6) is -9.18. The van der Waals surface area contributed by atoms with E-state index in [4.69, 9.17) is 11.5 Å². The zero-order chi connectivity index (χ0) is 50.8. The molecule has 0 spiro atoms. The van der Waals surface area contributed by atoms with Crippen LogP contribution in [0.3, 0.4) is 0 Å². The Labute approximate surface area is 396 Å². The van der Waals surface area contributed by atoms with Crippen LogP contribution in [0.1, 0.15) is 84.8 Å². The molecule has 8 amide bonds. The topological polar surface area (TPSA) is 342 Å². The van der Waals surface area contributed by atoms with E-state index in [1.54, 1.807) is 84.0 Å². The molecule has 3 rings (SSSR count). The van der Waals surface area contributed by atoms with E-state index in [0.29, 0.717) is 24.0 Å². The number of carboxylic acids is 1. The third kappa shape index (κ3) is 16.9. The Kier molecular flexibility index (Phi) is 21.8. The van der Waals surface area contributed by atoms with Gasteiger partial charge in [0.1, 0.15) is 54.1 Å². The van der Waals surface area contributed by atoms with Crippen molar-refractivity contribution < 1.29 is 58.5 Å². The van der Waals surface area contributed by atoms with Crippen LogP contribution in [0.5, 0.6) is 5.75 Å². The number of benzene rings is 2. The maximum Gasteiger partial charge on any atom is 0.326 e. The Balaban J connectivity index is 1.94. The molecule has 0 bridgehead atoms. The first-order valence-electron chi connectivity index (χ1n) is 22.9. The van der Waals surface area contributed by atoms with Crippen LogP contribution < -0.4 is 43.4 Å². The fourth-order valence-electron chi connectivity index (χ4n) is 7.64. The average molecular weight is 952 g/mol. The quantitative estimate of drug-likeness (QED) is 0.0546. The van der Waals surface area contributed by atoms with Gasteiger partial charge in [-0.25, -0.2) is 4.79 Å². The fourth-order valence-corrected chi connectivity index (χ4v) is 7.64. The number of hydrogen-bond donors (Lipinski definition) is 11. The van der Waals surface area contributed by atoms with Crippen LogP contribution in [0.25, 0.3) is 0 Å². The summed E-state index contributed by atoms with van der Waals surface area (Å²) in [6, 6.07) is 3.89. The van der Waals surface area contributed by atoms with Crippen molar-refractivity contribution >= 4 is 53.2 Å². The molecule has 0 aliphatic carbocycles. The van der Waals surface area contributed by atoms with E-state index in [-0.39, 0.29) is 43.9 Å². The van der Waals surface area contributed by atoms with Crippen molar-refractivity contribution in [1.82, 2.24) is 36.8 Å². The molecule has 1 aliphatic rings. The summed E-state index contributed by atoms with van der Waals surface area (Å²) in [5.41, 5.74) is 12.4. The lowest BCUT2D eigenvalue weighted by molar-refractivity contribution is -0.144. The molecule has 1 saturated heterocycles. The second-order valence-corrected chi connectivity index (χ2v) is 18.0. The number of likely N-dealkylation sites (tertiary alicyclic amines) is 1. The summed E-state index contributed by atoms with van der Waals surface area (Å²) >= 11 is 0. The fraction of sp³-hybridized carbons (Fsp3) is 0.553. The number of nitrogens with one attached hydrogen (secondary N) is 6. The molecule has 1 fully saturated rings. The summed E-state index contributed by atoms with van der Waals surface area (Å²) in [6.45, 7) is 9.76. The Morgan fingerprint density at radius 2 is 1.21 bits per heavy atom. The van der Waals surface area contributed by atoms with Gasteiger partial charge in [-0.05, 0) is 60.3 Å². The van der Waals surface area contributed by atoms with Crippen LogP contribution >= 0.6 is 0 Å². The zero-order valence-corrected chi connectivity index (χ0v) is 39.5. The van der Waals surface area contributed by atoms with E-state index in [2.05, 4.69) is 31.9 Å². The Bertz CT molecular complexity index is 2070. The van der Waals surface area contributed by atoms with Crippen molar-refractivity contribution in [2.75, 3.05) is 13.2 Å². The van der Waals surface area contributed by atoms with Gasteiger partial charge < -0.3 is 63.6 Å². The summed E-state index contributed by atoms with van der Waals surface area (Å²) in [7, 11) is 0. The number of amides is 8. The van der Waals surface area contributed by atoms with Crippen molar-refractivity contribution in [3.8, 4) is 5.75 Å². The van der Waals surface area contributed by atoms with Crippen LogP contribution in [0.4, 0.5) is 0 Å². The summed E-state index contributed by atoms with van der Waals surface area (Å²) in [6.07, 6.45) is 0.177. The minimum Gasteiger partial charge on any atom is -0.508 e. The predicted molar refractivity (Wildman–Crippen MR) is 249 cm³/mol. The number of aliphatic hydroxyl groups excluding tert-OH is 1. The smallest absolute Gasteiger partial charge is 0.326 e. The maximum absolute atomic E-state index is 14.4. The summed E-state index contributed by atoms with van der Waals surface area (Å²) in [5, 5.41) is 44.7.